The molecule has 98 heavy (non-hydrogen) atoms. The highest BCUT2D eigenvalue weighted by molar-refractivity contribution is 7.47. The number of hydrogen-bond acceptors (Lipinski definition) is 15. The van der Waals surface area contributed by atoms with Gasteiger partial charge in [-0.1, -0.05) is 268 Å². The monoisotopic (exact) mass is 1420 g/mol. The van der Waals surface area contributed by atoms with Crippen LogP contribution < -0.4 is 0 Å². The SMILES string of the molecule is CCCCCC/C=C\C=C/CCCCCCCC(=O)OC[C@H](COP(=O)(O)OC[C@@H](O)COP(=O)(O)OC[C@@H](COC(=O)CCCCCCC/C=C\CCCCCC)OC(=O)CCCCCCC/C=C\C=C/CCCCCC)OC(=O)CCCCCCC/C=C\CCCCCCCC. The highest BCUT2D eigenvalue weighted by Gasteiger charge is 2.30. The largest absolute Gasteiger partial charge is 0.472 e. The number of esters is 4. The van der Waals surface area contributed by atoms with E-state index in [0.29, 0.717) is 25.7 Å². The van der Waals surface area contributed by atoms with Crippen molar-refractivity contribution in [3.8, 4) is 0 Å². The molecule has 0 amide bonds. The Bertz CT molecular complexity index is 2140. The van der Waals surface area contributed by atoms with Crippen LogP contribution in [0.4, 0.5) is 0 Å². The van der Waals surface area contributed by atoms with Gasteiger partial charge in [-0.05, 0) is 128 Å². The number of ether oxygens (including phenoxy) is 4. The lowest BCUT2D eigenvalue weighted by Gasteiger charge is -2.21. The molecular weight excluding hydrogens is 1280 g/mol. The Morgan fingerprint density at radius 1 is 0.286 bits per heavy atom. The maximum Gasteiger partial charge on any atom is 0.472 e. The van der Waals surface area contributed by atoms with Gasteiger partial charge in [0.15, 0.2) is 12.2 Å². The zero-order chi connectivity index (χ0) is 71.8. The van der Waals surface area contributed by atoms with Gasteiger partial charge < -0.3 is 33.8 Å². The minimum Gasteiger partial charge on any atom is -0.462 e. The molecule has 0 fully saturated rings. The van der Waals surface area contributed by atoms with E-state index in [2.05, 4.69) is 101 Å². The topological polar surface area (TPSA) is 237 Å². The molecule has 0 aromatic carbocycles. The normalized spacial score (nSPS) is 14.3. The molecule has 0 saturated carbocycles. The van der Waals surface area contributed by atoms with Gasteiger partial charge in [-0.3, -0.25) is 37.3 Å². The number of carbonyl (C=O) groups excluding carboxylic acids is 4. The lowest BCUT2D eigenvalue weighted by atomic mass is 10.1. The van der Waals surface area contributed by atoms with Gasteiger partial charge in [0.1, 0.15) is 19.3 Å². The van der Waals surface area contributed by atoms with Crippen LogP contribution in [0.3, 0.4) is 0 Å². The van der Waals surface area contributed by atoms with Crippen molar-refractivity contribution in [1.29, 1.82) is 0 Å². The molecule has 0 aliphatic heterocycles. The zero-order valence-electron chi connectivity index (χ0n) is 62.2. The summed E-state index contributed by atoms with van der Waals surface area (Å²) in [5.41, 5.74) is 0. The molecule has 17 nitrogen and oxygen atoms in total. The molecule has 3 N–H and O–H groups in total. The Hall–Kier alpha value is -3.50. The lowest BCUT2D eigenvalue weighted by Crippen LogP contribution is -2.30. The third-order valence-electron chi connectivity index (χ3n) is 16.7. The Kier molecular flexibility index (Phi) is 69.3. The van der Waals surface area contributed by atoms with Gasteiger partial charge in [0.25, 0.3) is 0 Å². The summed E-state index contributed by atoms with van der Waals surface area (Å²) in [6.07, 6.45) is 71.6. The molecule has 570 valence electrons. The van der Waals surface area contributed by atoms with E-state index in [4.69, 9.17) is 37.0 Å². The van der Waals surface area contributed by atoms with Crippen LogP contribution in [0.1, 0.15) is 349 Å². The second kappa shape index (κ2) is 71.9. The lowest BCUT2D eigenvalue weighted by molar-refractivity contribution is -0.161. The van der Waals surface area contributed by atoms with E-state index in [-0.39, 0.29) is 25.7 Å². The van der Waals surface area contributed by atoms with Crippen LogP contribution in [-0.2, 0) is 65.4 Å². The van der Waals surface area contributed by atoms with E-state index < -0.39 is 97.5 Å². The Balaban J connectivity index is 5.37. The molecule has 0 aromatic heterocycles. The fourth-order valence-electron chi connectivity index (χ4n) is 10.6. The van der Waals surface area contributed by atoms with Gasteiger partial charge in [-0.25, -0.2) is 9.13 Å². The first-order valence-electron chi connectivity index (χ1n) is 39.2. The maximum atomic E-state index is 13.1. The number of phosphoric acid groups is 2. The second-order valence-electron chi connectivity index (χ2n) is 26.3. The summed E-state index contributed by atoms with van der Waals surface area (Å²) < 4.78 is 68.5. The van der Waals surface area contributed by atoms with E-state index in [1.54, 1.807) is 0 Å². The van der Waals surface area contributed by atoms with Crippen LogP contribution in [0, 0.1) is 0 Å². The predicted molar refractivity (Wildman–Crippen MR) is 400 cm³/mol. The summed E-state index contributed by atoms with van der Waals surface area (Å²) in [5, 5.41) is 10.6. The van der Waals surface area contributed by atoms with Crippen LogP contribution in [0.15, 0.2) is 72.9 Å². The Morgan fingerprint density at radius 2 is 0.500 bits per heavy atom. The van der Waals surface area contributed by atoms with Gasteiger partial charge in [0.2, 0.25) is 0 Å². The first-order chi connectivity index (χ1) is 47.7. The van der Waals surface area contributed by atoms with Crippen LogP contribution in [0.25, 0.3) is 0 Å². The quantitative estimate of drug-likeness (QED) is 0.0128. The zero-order valence-corrected chi connectivity index (χ0v) is 64.0. The standard InChI is InChI=1S/C79H142O17P2/c1-5-9-13-17-21-25-29-33-36-40-44-48-52-56-60-64-77(82)90-70-75(96-79(84)66-62-58-54-50-46-42-38-35-31-27-23-19-15-11-7-3)72-94-98(87,88)92-68-73(80)67-91-97(85,86)93-71-74(69-89-76(81)63-59-55-51-47-43-39-32-28-24-20-16-12-8-4)95-78(83)65-61-57-53-49-45-41-37-34-30-26-22-18-14-10-6-2/h25-26,28-30,32-38,73-75,80H,5-24,27,31,39-72H2,1-4H3,(H,85,86)(H,87,88)/b29-25-,30-26-,32-28-,36-33-,37-34-,38-35-/t73-,74+,75+/m0/s1. The summed E-state index contributed by atoms with van der Waals surface area (Å²) in [7, 11) is -9.95. The van der Waals surface area contributed by atoms with Crippen molar-refractivity contribution in [3.63, 3.8) is 0 Å². The highest BCUT2D eigenvalue weighted by atomic mass is 31.2. The third-order valence-corrected chi connectivity index (χ3v) is 18.6. The average Bonchev–Trinajstić information content (AvgIpc) is 1.04. The molecule has 0 radical (unpaired) electrons. The van der Waals surface area contributed by atoms with E-state index in [0.717, 1.165) is 154 Å². The summed E-state index contributed by atoms with van der Waals surface area (Å²) in [4.78, 5) is 72.9. The highest BCUT2D eigenvalue weighted by Crippen LogP contribution is 2.45. The summed E-state index contributed by atoms with van der Waals surface area (Å²) >= 11 is 0. The third kappa shape index (κ3) is 70.9. The van der Waals surface area contributed by atoms with Gasteiger partial charge in [0.05, 0.1) is 26.4 Å². The number of carbonyl (C=O) groups is 4. The number of phosphoric ester groups is 2. The number of allylic oxidation sites excluding steroid dienone is 12. The molecule has 0 aliphatic rings. The maximum absolute atomic E-state index is 13.1. The van der Waals surface area contributed by atoms with Crippen molar-refractivity contribution in [2.45, 2.75) is 367 Å². The summed E-state index contributed by atoms with van der Waals surface area (Å²) in [5.74, 6) is -2.21. The first kappa shape index (κ1) is 94.5. The second-order valence-corrected chi connectivity index (χ2v) is 29.3. The molecule has 0 aliphatic carbocycles. The smallest absolute Gasteiger partial charge is 0.462 e. The van der Waals surface area contributed by atoms with Crippen molar-refractivity contribution in [3.05, 3.63) is 72.9 Å². The Labute approximate surface area is 596 Å². The molecular formula is C79H142O17P2. The molecule has 0 heterocycles. The first-order valence-corrected chi connectivity index (χ1v) is 42.2. The fourth-order valence-corrected chi connectivity index (χ4v) is 12.2. The van der Waals surface area contributed by atoms with Gasteiger partial charge in [-0.15, -0.1) is 0 Å². The number of aliphatic hydroxyl groups is 1. The van der Waals surface area contributed by atoms with Crippen LogP contribution in [0.5, 0.6) is 0 Å². The minimum atomic E-state index is -4.98. The van der Waals surface area contributed by atoms with Crippen molar-refractivity contribution < 1.29 is 80.2 Å². The molecule has 2 unspecified atom stereocenters. The number of aliphatic hydroxyl groups excluding tert-OH is 1. The van der Waals surface area contributed by atoms with Crippen LogP contribution in [0.2, 0.25) is 0 Å². The summed E-state index contributed by atoms with van der Waals surface area (Å²) in [6, 6.07) is 0. The minimum absolute atomic E-state index is 0.0780. The molecule has 0 bridgehead atoms. The molecule has 0 saturated heterocycles. The van der Waals surface area contributed by atoms with Gasteiger partial charge in [-0.2, -0.15) is 0 Å². The van der Waals surface area contributed by atoms with Crippen LogP contribution in [-0.4, -0.2) is 96.7 Å². The van der Waals surface area contributed by atoms with Gasteiger partial charge >= 0.3 is 39.5 Å². The van der Waals surface area contributed by atoms with E-state index in [1.165, 1.54) is 116 Å². The van der Waals surface area contributed by atoms with E-state index in [1.807, 2.05) is 0 Å². The predicted octanol–water partition coefficient (Wildman–Crippen LogP) is 22.4. The van der Waals surface area contributed by atoms with Crippen molar-refractivity contribution >= 4 is 39.5 Å². The molecule has 0 rings (SSSR count). The average molecular weight is 1430 g/mol. The van der Waals surface area contributed by atoms with Crippen molar-refractivity contribution in [2.75, 3.05) is 39.6 Å². The van der Waals surface area contributed by atoms with Crippen molar-refractivity contribution in [1.82, 2.24) is 0 Å². The molecule has 0 aromatic rings. The van der Waals surface area contributed by atoms with Crippen LogP contribution >= 0.6 is 15.6 Å². The van der Waals surface area contributed by atoms with Crippen molar-refractivity contribution in [2.24, 2.45) is 0 Å². The van der Waals surface area contributed by atoms with Gasteiger partial charge in [0, 0.05) is 25.7 Å². The summed E-state index contributed by atoms with van der Waals surface area (Å²) in [6.45, 7) is 4.80. The number of hydrogen-bond donors (Lipinski definition) is 3. The fraction of sp³-hybridized carbons (Fsp3) is 0.797. The Morgan fingerprint density at radius 3 is 0.776 bits per heavy atom. The number of rotatable bonds is 74. The molecule has 5 atom stereocenters. The van der Waals surface area contributed by atoms with E-state index >= 15 is 0 Å². The number of unbranched alkanes of at least 4 members (excludes halogenated alkanes) is 38. The van der Waals surface area contributed by atoms with E-state index in [9.17, 15) is 43.2 Å². The molecule has 19 heteroatoms. The molecule has 0 spiro atoms.